The highest BCUT2D eigenvalue weighted by atomic mass is 16.5. The number of nitrogens with two attached hydrogens (primary N) is 1. The van der Waals surface area contributed by atoms with Gasteiger partial charge < -0.3 is 15.2 Å². The number of anilines is 1. The highest BCUT2D eigenvalue weighted by molar-refractivity contribution is 5.84. The molecule has 3 N–H and O–H groups in total. The maximum absolute atomic E-state index is 11.5. The quantitative estimate of drug-likeness (QED) is 0.829. The lowest BCUT2D eigenvalue weighted by atomic mass is 10.1. The second kappa shape index (κ2) is 7.11. The first-order chi connectivity index (χ1) is 8.96. The number of hydrogen-bond acceptors (Lipinski definition) is 4. The fraction of sp³-hybridized carbons (Fsp3) is 0.500. The molecule has 0 aliphatic carbocycles. The van der Waals surface area contributed by atoms with Gasteiger partial charge in [-0.3, -0.25) is 5.32 Å². The topological polar surface area (TPSA) is 73.6 Å². The van der Waals surface area contributed by atoms with Crippen molar-refractivity contribution in [2.75, 3.05) is 19.0 Å². The number of amides is 1. The highest BCUT2D eigenvalue weighted by Crippen LogP contribution is 2.13. The minimum absolute atomic E-state index is 0.289. The van der Waals surface area contributed by atoms with Crippen molar-refractivity contribution in [3.05, 3.63) is 29.8 Å². The lowest BCUT2D eigenvalue weighted by Gasteiger charge is -2.22. The van der Waals surface area contributed by atoms with E-state index in [1.807, 2.05) is 26.0 Å². The van der Waals surface area contributed by atoms with Crippen molar-refractivity contribution in [1.29, 1.82) is 0 Å². The van der Waals surface area contributed by atoms with Gasteiger partial charge in [0.2, 0.25) is 0 Å². The molecule has 1 amide bonds. The van der Waals surface area contributed by atoms with E-state index in [1.54, 1.807) is 19.2 Å². The van der Waals surface area contributed by atoms with Crippen molar-refractivity contribution >= 4 is 11.8 Å². The van der Waals surface area contributed by atoms with Crippen LogP contribution < -0.4 is 11.1 Å². The van der Waals surface area contributed by atoms with Crippen LogP contribution in [0.2, 0.25) is 0 Å². The van der Waals surface area contributed by atoms with E-state index >= 15 is 0 Å². The number of carbonyl (C=O) groups excluding carboxylic acids is 1. The number of rotatable bonds is 6. The summed E-state index contributed by atoms with van der Waals surface area (Å²) in [6.45, 7) is 4.68. The average Bonchev–Trinajstić information content (AvgIpc) is 2.39. The van der Waals surface area contributed by atoms with Gasteiger partial charge in [0, 0.05) is 25.8 Å². The van der Waals surface area contributed by atoms with E-state index < -0.39 is 6.09 Å². The summed E-state index contributed by atoms with van der Waals surface area (Å²) in [4.78, 5) is 11.5. The first-order valence-corrected chi connectivity index (χ1v) is 6.25. The van der Waals surface area contributed by atoms with Crippen LogP contribution in [-0.4, -0.2) is 25.4 Å². The molecule has 0 aromatic heterocycles. The molecule has 0 radical (unpaired) electrons. The predicted octanol–water partition coefficient (Wildman–Crippen LogP) is 2.51. The molecular weight excluding hydrogens is 244 g/mol. The zero-order chi connectivity index (χ0) is 14.3. The zero-order valence-electron chi connectivity index (χ0n) is 11.7. The van der Waals surface area contributed by atoms with Crippen LogP contribution in [0.15, 0.2) is 24.3 Å². The molecule has 1 aromatic carbocycles. The molecule has 0 heterocycles. The Morgan fingerprint density at radius 2 is 1.95 bits per heavy atom. The summed E-state index contributed by atoms with van der Waals surface area (Å²) in [5, 5.41) is 2.65. The van der Waals surface area contributed by atoms with E-state index in [2.05, 4.69) is 5.32 Å². The second-order valence-corrected chi connectivity index (χ2v) is 4.88. The molecule has 5 nitrogen and oxygen atoms in total. The van der Waals surface area contributed by atoms with E-state index in [0.717, 1.165) is 5.56 Å². The standard InChI is InChI=1S/C14H22N2O3/c1-14(2,18-3)8-9-19-13(17)16-12-6-4-11(10-15)5-7-12/h4-7H,8-10,15H2,1-3H3,(H,16,17). The minimum atomic E-state index is -0.465. The fourth-order valence-electron chi connectivity index (χ4n) is 1.37. The van der Waals surface area contributed by atoms with E-state index in [1.165, 1.54) is 0 Å². The Labute approximate surface area is 114 Å². The van der Waals surface area contributed by atoms with Gasteiger partial charge >= 0.3 is 6.09 Å². The first kappa shape index (κ1) is 15.5. The van der Waals surface area contributed by atoms with Crippen molar-refractivity contribution in [3.8, 4) is 0 Å². The Hall–Kier alpha value is -1.59. The molecule has 0 saturated carbocycles. The normalized spacial score (nSPS) is 11.2. The second-order valence-electron chi connectivity index (χ2n) is 4.88. The SMILES string of the molecule is COC(C)(C)CCOC(=O)Nc1ccc(CN)cc1. The van der Waals surface area contributed by atoms with E-state index in [9.17, 15) is 4.79 Å². The molecule has 0 fully saturated rings. The number of benzene rings is 1. The Kier molecular flexibility index (Phi) is 5.79. The molecule has 0 bridgehead atoms. The van der Waals surface area contributed by atoms with Crippen LogP contribution in [0.3, 0.4) is 0 Å². The third-order valence-corrected chi connectivity index (χ3v) is 2.93. The summed E-state index contributed by atoms with van der Waals surface area (Å²) in [6, 6.07) is 7.32. The van der Waals surface area contributed by atoms with Gasteiger partial charge in [-0.05, 0) is 31.5 Å². The Morgan fingerprint density at radius 3 is 2.47 bits per heavy atom. The third kappa shape index (κ3) is 5.72. The largest absolute Gasteiger partial charge is 0.449 e. The molecule has 1 aromatic rings. The number of methoxy groups -OCH3 is 1. The number of ether oxygens (including phenoxy) is 2. The predicted molar refractivity (Wildman–Crippen MR) is 75.0 cm³/mol. The summed E-state index contributed by atoms with van der Waals surface area (Å²) in [5.74, 6) is 0. The summed E-state index contributed by atoms with van der Waals surface area (Å²) < 4.78 is 10.3. The lowest BCUT2D eigenvalue weighted by molar-refractivity contribution is 0.00125. The van der Waals surface area contributed by atoms with Gasteiger partial charge in [-0.25, -0.2) is 4.79 Å². The third-order valence-electron chi connectivity index (χ3n) is 2.93. The minimum Gasteiger partial charge on any atom is -0.449 e. The monoisotopic (exact) mass is 266 g/mol. The average molecular weight is 266 g/mol. The van der Waals surface area contributed by atoms with Gasteiger partial charge in [-0.1, -0.05) is 12.1 Å². The number of carbonyl (C=O) groups is 1. The summed E-state index contributed by atoms with van der Waals surface area (Å²) in [7, 11) is 1.64. The van der Waals surface area contributed by atoms with Gasteiger partial charge in [-0.2, -0.15) is 0 Å². The maximum atomic E-state index is 11.5. The van der Waals surface area contributed by atoms with Gasteiger partial charge in [0.15, 0.2) is 0 Å². The molecule has 19 heavy (non-hydrogen) atoms. The molecule has 0 atom stereocenters. The highest BCUT2D eigenvalue weighted by Gasteiger charge is 2.16. The van der Waals surface area contributed by atoms with Crippen molar-refractivity contribution in [2.24, 2.45) is 5.73 Å². The van der Waals surface area contributed by atoms with E-state index in [-0.39, 0.29) is 5.60 Å². The molecule has 5 heteroatoms. The molecule has 1 rings (SSSR count). The van der Waals surface area contributed by atoms with Crippen molar-refractivity contribution in [3.63, 3.8) is 0 Å². The summed E-state index contributed by atoms with van der Waals surface area (Å²) >= 11 is 0. The van der Waals surface area contributed by atoms with Crippen LogP contribution in [0.1, 0.15) is 25.8 Å². The molecule has 106 valence electrons. The van der Waals surface area contributed by atoms with Gasteiger partial charge in [-0.15, -0.1) is 0 Å². The molecule has 0 aliphatic rings. The van der Waals surface area contributed by atoms with Crippen molar-refractivity contribution in [1.82, 2.24) is 0 Å². The van der Waals surface area contributed by atoms with Crippen LogP contribution in [0.4, 0.5) is 10.5 Å². The Bertz CT molecular complexity index is 402. The Morgan fingerprint density at radius 1 is 1.32 bits per heavy atom. The molecule has 0 spiro atoms. The first-order valence-electron chi connectivity index (χ1n) is 6.25. The summed E-state index contributed by atoms with van der Waals surface area (Å²) in [5.41, 5.74) is 6.91. The van der Waals surface area contributed by atoms with Crippen molar-refractivity contribution < 1.29 is 14.3 Å². The van der Waals surface area contributed by atoms with Crippen LogP contribution in [0, 0.1) is 0 Å². The van der Waals surface area contributed by atoms with E-state index in [0.29, 0.717) is 25.3 Å². The number of nitrogens with one attached hydrogen (secondary N) is 1. The Balaban J connectivity index is 2.34. The number of hydrogen-bond donors (Lipinski definition) is 2. The van der Waals surface area contributed by atoms with Gasteiger partial charge in [0.1, 0.15) is 0 Å². The van der Waals surface area contributed by atoms with E-state index in [4.69, 9.17) is 15.2 Å². The zero-order valence-corrected chi connectivity index (χ0v) is 11.7. The molecule has 0 unspecified atom stereocenters. The van der Waals surface area contributed by atoms with Crippen LogP contribution in [-0.2, 0) is 16.0 Å². The van der Waals surface area contributed by atoms with Crippen molar-refractivity contribution in [2.45, 2.75) is 32.4 Å². The summed E-state index contributed by atoms with van der Waals surface area (Å²) in [6.07, 6.45) is 0.177. The van der Waals surface area contributed by atoms with Crippen LogP contribution >= 0.6 is 0 Å². The smallest absolute Gasteiger partial charge is 0.411 e. The molecular formula is C14H22N2O3. The molecule has 0 aliphatic heterocycles. The van der Waals surface area contributed by atoms with Gasteiger partial charge in [0.05, 0.1) is 12.2 Å². The fourth-order valence-corrected chi connectivity index (χ4v) is 1.37. The lowest BCUT2D eigenvalue weighted by Crippen LogP contribution is -2.26. The van der Waals surface area contributed by atoms with Crippen LogP contribution in [0.25, 0.3) is 0 Å². The van der Waals surface area contributed by atoms with Gasteiger partial charge in [0.25, 0.3) is 0 Å². The van der Waals surface area contributed by atoms with Crippen LogP contribution in [0.5, 0.6) is 0 Å². The maximum Gasteiger partial charge on any atom is 0.411 e. The molecule has 0 saturated heterocycles.